The zero-order valence-electron chi connectivity index (χ0n) is 12.0. The molecule has 0 aliphatic carbocycles. The van der Waals surface area contributed by atoms with Gasteiger partial charge in [0.1, 0.15) is 0 Å². The summed E-state index contributed by atoms with van der Waals surface area (Å²) in [6.07, 6.45) is 0. The Balaban J connectivity index is 2.21. The van der Waals surface area contributed by atoms with Crippen LogP contribution >= 0.6 is 11.3 Å². The zero-order valence-corrected chi connectivity index (χ0v) is 12.8. The second-order valence-electron chi connectivity index (χ2n) is 4.78. The quantitative estimate of drug-likeness (QED) is 0.853. The standard InChI is InChI=1S/C14H18N4OS/c1-8-9(2)20-14(16-8)17-13(19)11-6-5-10(18(3)4)7-12(11)15/h5-7H,15H2,1-4H3,(H,16,17,19). The fourth-order valence-corrected chi connectivity index (χ4v) is 2.54. The zero-order chi connectivity index (χ0) is 14.9. The number of hydrogen-bond donors (Lipinski definition) is 2. The largest absolute Gasteiger partial charge is 0.398 e. The summed E-state index contributed by atoms with van der Waals surface area (Å²) in [5.74, 6) is -0.235. The number of nitrogens with two attached hydrogens (primary N) is 1. The SMILES string of the molecule is Cc1nc(NC(=O)c2ccc(N(C)C)cc2N)sc1C. The second kappa shape index (κ2) is 5.50. The molecule has 3 N–H and O–H groups in total. The molecule has 0 saturated carbocycles. The van der Waals surface area contributed by atoms with Crippen LogP contribution in [0.25, 0.3) is 0 Å². The van der Waals surface area contributed by atoms with E-state index in [1.54, 1.807) is 12.1 Å². The van der Waals surface area contributed by atoms with Crippen LogP contribution in [0.5, 0.6) is 0 Å². The van der Waals surface area contributed by atoms with Crippen molar-refractivity contribution < 1.29 is 4.79 Å². The third kappa shape index (κ3) is 2.91. The summed E-state index contributed by atoms with van der Waals surface area (Å²) in [6, 6.07) is 5.38. The lowest BCUT2D eigenvalue weighted by Crippen LogP contribution is -2.15. The van der Waals surface area contributed by atoms with E-state index in [1.165, 1.54) is 11.3 Å². The predicted octanol–water partition coefficient (Wildman–Crippen LogP) is 2.66. The van der Waals surface area contributed by atoms with Crippen molar-refractivity contribution in [2.45, 2.75) is 13.8 Å². The summed E-state index contributed by atoms with van der Waals surface area (Å²) in [4.78, 5) is 19.5. The fraction of sp³-hybridized carbons (Fsp3) is 0.286. The van der Waals surface area contributed by atoms with E-state index in [2.05, 4.69) is 10.3 Å². The fourth-order valence-electron chi connectivity index (χ4n) is 1.73. The highest BCUT2D eigenvalue weighted by molar-refractivity contribution is 7.15. The minimum absolute atomic E-state index is 0.235. The van der Waals surface area contributed by atoms with E-state index >= 15 is 0 Å². The first-order valence-corrected chi connectivity index (χ1v) is 7.02. The van der Waals surface area contributed by atoms with Crippen LogP contribution in [-0.4, -0.2) is 25.0 Å². The van der Waals surface area contributed by atoms with Crippen molar-refractivity contribution in [1.82, 2.24) is 4.98 Å². The highest BCUT2D eigenvalue weighted by atomic mass is 32.1. The number of rotatable bonds is 3. The maximum atomic E-state index is 12.2. The van der Waals surface area contributed by atoms with E-state index in [-0.39, 0.29) is 5.91 Å². The topological polar surface area (TPSA) is 71.2 Å². The smallest absolute Gasteiger partial charge is 0.259 e. The van der Waals surface area contributed by atoms with Gasteiger partial charge in [0, 0.05) is 30.3 Å². The molecule has 1 heterocycles. The van der Waals surface area contributed by atoms with Crippen molar-refractivity contribution in [3.63, 3.8) is 0 Å². The number of carbonyl (C=O) groups excluding carboxylic acids is 1. The highest BCUT2D eigenvalue weighted by Gasteiger charge is 2.13. The van der Waals surface area contributed by atoms with Gasteiger partial charge in [0.15, 0.2) is 5.13 Å². The van der Waals surface area contributed by atoms with Crippen LogP contribution in [0.15, 0.2) is 18.2 Å². The molecule has 0 bridgehead atoms. The van der Waals surface area contributed by atoms with Crippen LogP contribution < -0.4 is 16.0 Å². The number of benzene rings is 1. The molecule has 6 heteroatoms. The lowest BCUT2D eigenvalue weighted by molar-refractivity contribution is 0.102. The first-order chi connectivity index (χ1) is 9.38. The monoisotopic (exact) mass is 290 g/mol. The molecule has 0 spiro atoms. The van der Waals surface area contributed by atoms with Crippen molar-refractivity contribution >= 4 is 33.8 Å². The summed E-state index contributed by atoms with van der Waals surface area (Å²) in [5, 5.41) is 3.38. The Hall–Kier alpha value is -2.08. The number of nitrogen functional groups attached to an aromatic ring is 1. The van der Waals surface area contributed by atoms with Crippen LogP contribution in [0.3, 0.4) is 0 Å². The molecule has 0 radical (unpaired) electrons. The maximum absolute atomic E-state index is 12.2. The normalized spacial score (nSPS) is 10.4. The average Bonchev–Trinajstić information content (AvgIpc) is 2.67. The predicted molar refractivity (Wildman–Crippen MR) is 84.7 cm³/mol. The summed E-state index contributed by atoms with van der Waals surface area (Å²) in [5.41, 5.74) is 8.75. The second-order valence-corrected chi connectivity index (χ2v) is 5.98. The van der Waals surface area contributed by atoms with Crippen molar-refractivity contribution in [1.29, 1.82) is 0 Å². The Bertz CT molecular complexity index is 629. The number of nitrogens with one attached hydrogen (secondary N) is 1. The number of aromatic nitrogens is 1. The van der Waals surface area contributed by atoms with Gasteiger partial charge in [-0.25, -0.2) is 4.98 Å². The van der Waals surface area contributed by atoms with Gasteiger partial charge in [-0.05, 0) is 32.0 Å². The van der Waals surface area contributed by atoms with Gasteiger partial charge in [0.05, 0.1) is 11.3 Å². The molecule has 1 aromatic heterocycles. The molecule has 0 unspecified atom stereocenters. The molecule has 0 aliphatic rings. The number of carbonyl (C=O) groups is 1. The maximum Gasteiger partial charge on any atom is 0.259 e. The van der Waals surface area contributed by atoms with Gasteiger partial charge in [0.2, 0.25) is 0 Å². The number of anilines is 3. The summed E-state index contributed by atoms with van der Waals surface area (Å²) >= 11 is 1.46. The molecule has 20 heavy (non-hydrogen) atoms. The number of aryl methyl sites for hydroxylation is 2. The van der Waals surface area contributed by atoms with E-state index < -0.39 is 0 Å². The molecule has 0 fully saturated rings. The molecule has 2 rings (SSSR count). The lowest BCUT2D eigenvalue weighted by atomic mass is 10.1. The van der Waals surface area contributed by atoms with Gasteiger partial charge < -0.3 is 10.6 Å². The van der Waals surface area contributed by atoms with E-state index in [0.717, 1.165) is 16.3 Å². The molecule has 106 valence electrons. The molecule has 0 saturated heterocycles. The van der Waals surface area contributed by atoms with Crippen LogP contribution in [-0.2, 0) is 0 Å². The van der Waals surface area contributed by atoms with Gasteiger partial charge in [-0.15, -0.1) is 11.3 Å². The number of thiazole rings is 1. The van der Waals surface area contributed by atoms with Gasteiger partial charge in [0.25, 0.3) is 5.91 Å². The Labute approximate surface area is 122 Å². The van der Waals surface area contributed by atoms with Gasteiger partial charge in [-0.1, -0.05) is 0 Å². The van der Waals surface area contributed by atoms with Crippen LogP contribution in [0, 0.1) is 13.8 Å². The van der Waals surface area contributed by atoms with Gasteiger partial charge in [-0.3, -0.25) is 10.1 Å². The Morgan fingerprint density at radius 2 is 2.05 bits per heavy atom. The molecule has 0 aliphatic heterocycles. The molecular weight excluding hydrogens is 272 g/mol. The summed E-state index contributed by atoms with van der Waals surface area (Å²) < 4.78 is 0. The number of hydrogen-bond acceptors (Lipinski definition) is 5. The Kier molecular flexibility index (Phi) is 3.94. The summed E-state index contributed by atoms with van der Waals surface area (Å²) in [7, 11) is 3.85. The molecule has 2 aromatic rings. The third-order valence-corrected chi connectivity index (χ3v) is 4.03. The van der Waals surface area contributed by atoms with E-state index in [4.69, 9.17) is 5.73 Å². The Morgan fingerprint density at radius 1 is 1.35 bits per heavy atom. The summed E-state index contributed by atoms with van der Waals surface area (Å²) in [6.45, 7) is 3.89. The number of nitrogens with zero attached hydrogens (tertiary/aromatic N) is 2. The van der Waals surface area contributed by atoms with E-state index in [9.17, 15) is 4.79 Å². The minimum Gasteiger partial charge on any atom is -0.398 e. The minimum atomic E-state index is -0.235. The van der Waals surface area contributed by atoms with Crippen LogP contribution in [0.1, 0.15) is 20.9 Å². The first-order valence-electron chi connectivity index (χ1n) is 6.20. The van der Waals surface area contributed by atoms with Crippen LogP contribution in [0.2, 0.25) is 0 Å². The first kappa shape index (κ1) is 14.3. The van der Waals surface area contributed by atoms with Crippen molar-refractivity contribution in [2.24, 2.45) is 0 Å². The Morgan fingerprint density at radius 3 is 2.55 bits per heavy atom. The van der Waals surface area contributed by atoms with Crippen molar-refractivity contribution in [2.75, 3.05) is 30.0 Å². The van der Waals surface area contributed by atoms with E-state index in [0.29, 0.717) is 16.4 Å². The van der Waals surface area contributed by atoms with Crippen molar-refractivity contribution in [3.05, 3.63) is 34.3 Å². The lowest BCUT2D eigenvalue weighted by Gasteiger charge is -2.14. The molecule has 1 aromatic carbocycles. The molecule has 0 atom stereocenters. The molecule has 5 nitrogen and oxygen atoms in total. The van der Waals surface area contributed by atoms with Crippen molar-refractivity contribution in [3.8, 4) is 0 Å². The van der Waals surface area contributed by atoms with Gasteiger partial charge in [-0.2, -0.15) is 0 Å². The third-order valence-electron chi connectivity index (χ3n) is 3.05. The van der Waals surface area contributed by atoms with Gasteiger partial charge >= 0.3 is 0 Å². The van der Waals surface area contributed by atoms with E-state index in [1.807, 2.05) is 38.9 Å². The number of amides is 1. The van der Waals surface area contributed by atoms with Crippen LogP contribution in [0.4, 0.5) is 16.5 Å². The average molecular weight is 290 g/mol. The molecule has 1 amide bonds. The molecular formula is C14H18N4OS. The highest BCUT2D eigenvalue weighted by Crippen LogP contribution is 2.24.